The Hall–Kier alpha value is -2.46. The number of nitrogens with one attached hydrogen (secondary N) is 3. The number of amides is 2. The van der Waals surface area contributed by atoms with E-state index in [-0.39, 0.29) is 19.6 Å². The van der Waals surface area contributed by atoms with Gasteiger partial charge in [-0.2, -0.15) is 0 Å². The largest absolute Gasteiger partial charge is 0.337 e. The van der Waals surface area contributed by atoms with Gasteiger partial charge in [0.2, 0.25) is 10.0 Å². The Morgan fingerprint density at radius 2 is 1.92 bits per heavy atom. The van der Waals surface area contributed by atoms with E-state index in [1.165, 1.54) is 5.56 Å². The van der Waals surface area contributed by atoms with Gasteiger partial charge in [0.15, 0.2) is 5.82 Å². The number of rotatable bonds is 9. The molecule has 3 N–H and O–H groups in total. The lowest BCUT2D eigenvalue weighted by atomic mass is 10.1. The van der Waals surface area contributed by atoms with Crippen molar-refractivity contribution in [3.63, 3.8) is 0 Å². The van der Waals surface area contributed by atoms with E-state index in [4.69, 9.17) is 0 Å². The van der Waals surface area contributed by atoms with Crippen LogP contribution in [0.3, 0.4) is 0 Å². The van der Waals surface area contributed by atoms with E-state index in [2.05, 4.69) is 37.7 Å². The van der Waals surface area contributed by atoms with Gasteiger partial charge in [-0.15, -0.1) is 10.2 Å². The zero-order chi connectivity index (χ0) is 18.1. The third kappa shape index (κ3) is 7.31. The van der Waals surface area contributed by atoms with Gasteiger partial charge < -0.3 is 15.2 Å². The number of carbonyl (C=O) groups excluding carboxylic acids is 1. The highest BCUT2D eigenvalue weighted by Gasteiger charge is 2.07. The molecule has 2 rings (SSSR count). The lowest BCUT2D eigenvalue weighted by Gasteiger charge is -2.09. The topological polar surface area (TPSA) is 118 Å². The molecule has 0 spiro atoms. The van der Waals surface area contributed by atoms with E-state index in [9.17, 15) is 13.2 Å². The predicted octanol–water partition coefficient (Wildman–Crippen LogP) is -0.131. The smallest absolute Gasteiger partial charge is 0.315 e. The van der Waals surface area contributed by atoms with Crippen LogP contribution in [0.25, 0.3) is 0 Å². The van der Waals surface area contributed by atoms with E-state index in [0.29, 0.717) is 12.4 Å². The third-order valence-corrected chi connectivity index (χ3v) is 4.09. The van der Waals surface area contributed by atoms with Gasteiger partial charge in [0.05, 0.1) is 12.8 Å². The minimum atomic E-state index is -3.25. The standard InChI is InChI=1S/C15H22N6O3S/c1-25(23,24)19-9-8-16-15(22)17-11-14-20-18-12-21(14)10-7-13-5-3-2-4-6-13/h2-6,12,19H,7-11H2,1H3,(H2,16,17,22). The maximum Gasteiger partial charge on any atom is 0.315 e. The molecule has 0 bridgehead atoms. The van der Waals surface area contributed by atoms with E-state index >= 15 is 0 Å². The summed E-state index contributed by atoms with van der Waals surface area (Å²) in [6, 6.07) is 9.68. The Balaban J connectivity index is 1.72. The summed E-state index contributed by atoms with van der Waals surface area (Å²) in [6.07, 6.45) is 3.54. The molecule has 0 aliphatic heterocycles. The second kappa shape index (κ2) is 9.14. The third-order valence-electron chi connectivity index (χ3n) is 3.36. The van der Waals surface area contributed by atoms with E-state index in [0.717, 1.165) is 12.7 Å². The lowest BCUT2D eigenvalue weighted by molar-refractivity contribution is 0.240. The number of benzene rings is 1. The second-order valence-electron chi connectivity index (χ2n) is 5.45. The number of carbonyl (C=O) groups is 1. The van der Waals surface area contributed by atoms with Crippen molar-refractivity contribution in [3.8, 4) is 0 Å². The van der Waals surface area contributed by atoms with Gasteiger partial charge in [0.25, 0.3) is 0 Å². The van der Waals surface area contributed by atoms with Crippen molar-refractivity contribution in [2.75, 3.05) is 19.3 Å². The molecule has 1 heterocycles. The van der Waals surface area contributed by atoms with Crippen LogP contribution in [0.1, 0.15) is 11.4 Å². The van der Waals surface area contributed by atoms with Gasteiger partial charge in [-0.1, -0.05) is 30.3 Å². The van der Waals surface area contributed by atoms with E-state index < -0.39 is 16.1 Å². The second-order valence-corrected chi connectivity index (χ2v) is 7.29. The number of hydrogen-bond acceptors (Lipinski definition) is 5. The first-order valence-electron chi connectivity index (χ1n) is 7.81. The molecule has 1 aromatic carbocycles. The highest BCUT2D eigenvalue weighted by atomic mass is 32.2. The predicted molar refractivity (Wildman–Crippen MR) is 93.3 cm³/mol. The molecule has 0 aliphatic carbocycles. The zero-order valence-electron chi connectivity index (χ0n) is 14.0. The van der Waals surface area contributed by atoms with Gasteiger partial charge in [-0.25, -0.2) is 17.9 Å². The van der Waals surface area contributed by atoms with Crippen molar-refractivity contribution in [1.29, 1.82) is 0 Å². The number of aromatic nitrogens is 3. The summed E-state index contributed by atoms with van der Waals surface area (Å²) in [5.41, 5.74) is 1.21. The van der Waals surface area contributed by atoms with Crippen molar-refractivity contribution in [1.82, 2.24) is 30.1 Å². The van der Waals surface area contributed by atoms with Crippen molar-refractivity contribution < 1.29 is 13.2 Å². The van der Waals surface area contributed by atoms with Gasteiger partial charge in [0.1, 0.15) is 6.33 Å². The molecule has 0 saturated heterocycles. The number of nitrogens with zero attached hydrogens (tertiary/aromatic N) is 3. The number of urea groups is 1. The molecule has 0 aliphatic rings. The maximum atomic E-state index is 11.7. The van der Waals surface area contributed by atoms with Crippen LogP contribution in [-0.2, 0) is 29.5 Å². The zero-order valence-corrected chi connectivity index (χ0v) is 14.8. The Bertz CT molecular complexity index is 776. The van der Waals surface area contributed by atoms with Gasteiger partial charge >= 0.3 is 6.03 Å². The van der Waals surface area contributed by atoms with Crippen LogP contribution in [0.4, 0.5) is 4.79 Å². The van der Waals surface area contributed by atoms with Crippen molar-refractivity contribution >= 4 is 16.1 Å². The summed E-state index contributed by atoms with van der Waals surface area (Å²) in [7, 11) is -3.25. The highest BCUT2D eigenvalue weighted by molar-refractivity contribution is 7.88. The number of hydrogen-bond donors (Lipinski definition) is 3. The normalized spacial score (nSPS) is 11.2. The Labute approximate surface area is 146 Å². The SMILES string of the molecule is CS(=O)(=O)NCCNC(=O)NCc1nncn1CCc1ccccc1. The van der Waals surface area contributed by atoms with Crippen LogP contribution in [0, 0.1) is 0 Å². The molecular formula is C15H22N6O3S. The quantitative estimate of drug-likeness (QED) is 0.534. The Morgan fingerprint density at radius 3 is 2.64 bits per heavy atom. The Morgan fingerprint density at radius 1 is 1.16 bits per heavy atom. The monoisotopic (exact) mass is 366 g/mol. The molecule has 2 aromatic rings. The number of aryl methyl sites for hydroxylation is 2. The van der Waals surface area contributed by atoms with Crippen LogP contribution < -0.4 is 15.4 Å². The summed E-state index contributed by atoms with van der Waals surface area (Å²) < 4.78 is 26.0. The van der Waals surface area contributed by atoms with Crippen LogP contribution >= 0.6 is 0 Å². The molecule has 25 heavy (non-hydrogen) atoms. The average Bonchev–Trinajstić information content (AvgIpc) is 3.02. The van der Waals surface area contributed by atoms with Crippen molar-refractivity contribution in [2.45, 2.75) is 19.5 Å². The average molecular weight is 366 g/mol. The van der Waals surface area contributed by atoms with Crippen molar-refractivity contribution in [3.05, 3.63) is 48.0 Å². The van der Waals surface area contributed by atoms with Crippen LogP contribution in [0.5, 0.6) is 0 Å². The first kappa shape index (κ1) is 18.9. The molecule has 1 aromatic heterocycles. The fourth-order valence-electron chi connectivity index (χ4n) is 2.13. The fourth-order valence-corrected chi connectivity index (χ4v) is 2.60. The summed E-state index contributed by atoms with van der Waals surface area (Å²) in [4.78, 5) is 11.7. The number of sulfonamides is 1. The van der Waals surface area contributed by atoms with Crippen LogP contribution in [0.2, 0.25) is 0 Å². The molecule has 0 unspecified atom stereocenters. The van der Waals surface area contributed by atoms with E-state index in [1.807, 2.05) is 22.8 Å². The minimum Gasteiger partial charge on any atom is -0.337 e. The van der Waals surface area contributed by atoms with Gasteiger partial charge in [-0.3, -0.25) is 0 Å². The molecule has 136 valence electrons. The molecule has 0 saturated carbocycles. The maximum absolute atomic E-state index is 11.7. The fraction of sp³-hybridized carbons (Fsp3) is 0.400. The van der Waals surface area contributed by atoms with E-state index in [1.54, 1.807) is 6.33 Å². The van der Waals surface area contributed by atoms with Crippen molar-refractivity contribution in [2.24, 2.45) is 0 Å². The molecular weight excluding hydrogens is 344 g/mol. The summed E-state index contributed by atoms with van der Waals surface area (Å²) in [5, 5.41) is 13.1. The van der Waals surface area contributed by atoms with Crippen LogP contribution in [0.15, 0.2) is 36.7 Å². The van der Waals surface area contributed by atoms with Crippen LogP contribution in [-0.4, -0.2) is 48.6 Å². The summed E-state index contributed by atoms with van der Waals surface area (Å²) >= 11 is 0. The molecule has 2 amide bonds. The minimum absolute atomic E-state index is 0.138. The van der Waals surface area contributed by atoms with Gasteiger partial charge in [0, 0.05) is 19.6 Å². The molecule has 0 fully saturated rings. The molecule has 9 nitrogen and oxygen atoms in total. The summed E-state index contributed by atoms with van der Waals surface area (Å²) in [6.45, 7) is 1.28. The molecule has 10 heteroatoms. The summed E-state index contributed by atoms with van der Waals surface area (Å²) in [5.74, 6) is 0.653. The first-order chi connectivity index (χ1) is 11.9. The lowest BCUT2D eigenvalue weighted by Crippen LogP contribution is -2.40. The van der Waals surface area contributed by atoms with Gasteiger partial charge in [-0.05, 0) is 12.0 Å². The Kier molecular flexibility index (Phi) is 6.90. The molecule has 0 atom stereocenters. The highest BCUT2D eigenvalue weighted by Crippen LogP contribution is 2.03. The first-order valence-corrected chi connectivity index (χ1v) is 9.70. The molecule has 0 radical (unpaired) electrons.